The van der Waals surface area contributed by atoms with Gasteiger partial charge in [0.05, 0.1) is 24.2 Å². The van der Waals surface area contributed by atoms with Gasteiger partial charge >= 0.3 is 0 Å². The van der Waals surface area contributed by atoms with Gasteiger partial charge in [-0.15, -0.1) is 0 Å². The van der Waals surface area contributed by atoms with Crippen LogP contribution in [0, 0.1) is 13.8 Å². The molecule has 1 N–H and O–H groups in total. The second-order valence-corrected chi connectivity index (χ2v) is 9.04. The van der Waals surface area contributed by atoms with Crippen molar-refractivity contribution in [2.75, 3.05) is 20.2 Å². The van der Waals surface area contributed by atoms with Gasteiger partial charge in [0.25, 0.3) is 5.91 Å². The number of aryl methyl sites for hydroxylation is 2. The van der Waals surface area contributed by atoms with Crippen LogP contribution < -0.4 is 9.46 Å². The molecule has 31 heavy (non-hydrogen) atoms. The van der Waals surface area contributed by atoms with Crippen molar-refractivity contribution in [2.24, 2.45) is 0 Å². The SMILES string of the molecule is Cc1cccc(OCCN(C)C(=O)c2cc(S(=O)(=O)NCc3ccco3)ccc2C)c1. The van der Waals surface area contributed by atoms with Gasteiger partial charge in [-0.1, -0.05) is 18.2 Å². The molecule has 0 spiro atoms. The van der Waals surface area contributed by atoms with E-state index in [1.165, 1.54) is 23.3 Å². The van der Waals surface area contributed by atoms with Gasteiger partial charge in [0.15, 0.2) is 0 Å². The van der Waals surface area contributed by atoms with E-state index in [-0.39, 0.29) is 17.3 Å². The maximum atomic E-state index is 12.9. The lowest BCUT2D eigenvalue weighted by Crippen LogP contribution is -2.31. The summed E-state index contributed by atoms with van der Waals surface area (Å²) in [5.74, 6) is 0.974. The lowest BCUT2D eigenvalue weighted by molar-refractivity contribution is 0.0772. The third kappa shape index (κ3) is 5.96. The topological polar surface area (TPSA) is 88.8 Å². The predicted molar refractivity (Wildman–Crippen MR) is 118 cm³/mol. The molecule has 2 aromatic carbocycles. The molecule has 0 radical (unpaired) electrons. The van der Waals surface area contributed by atoms with Crippen LogP contribution in [0.4, 0.5) is 0 Å². The molecule has 1 heterocycles. The first-order valence-electron chi connectivity index (χ1n) is 9.84. The van der Waals surface area contributed by atoms with Crippen molar-refractivity contribution >= 4 is 15.9 Å². The van der Waals surface area contributed by atoms with Crippen molar-refractivity contribution in [1.29, 1.82) is 0 Å². The number of nitrogens with one attached hydrogen (secondary N) is 1. The number of carbonyl (C=O) groups is 1. The van der Waals surface area contributed by atoms with E-state index < -0.39 is 10.0 Å². The van der Waals surface area contributed by atoms with Gasteiger partial charge in [0.2, 0.25) is 10.0 Å². The monoisotopic (exact) mass is 442 g/mol. The van der Waals surface area contributed by atoms with Crippen molar-refractivity contribution in [3.63, 3.8) is 0 Å². The number of hydrogen-bond acceptors (Lipinski definition) is 5. The molecule has 1 amide bonds. The van der Waals surface area contributed by atoms with Crippen LogP contribution in [0.25, 0.3) is 0 Å². The average molecular weight is 443 g/mol. The first-order valence-corrected chi connectivity index (χ1v) is 11.3. The molecule has 0 aliphatic carbocycles. The van der Waals surface area contributed by atoms with E-state index in [0.29, 0.717) is 30.0 Å². The Morgan fingerprint density at radius 2 is 1.90 bits per heavy atom. The van der Waals surface area contributed by atoms with Gasteiger partial charge in [0.1, 0.15) is 18.1 Å². The Morgan fingerprint density at radius 3 is 2.61 bits per heavy atom. The Balaban J connectivity index is 1.65. The number of furan rings is 1. The summed E-state index contributed by atoms with van der Waals surface area (Å²) in [6, 6.07) is 15.6. The number of rotatable bonds is 9. The number of carbonyl (C=O) groups excluding carboxylic acids is 1. The number of benzene rings is 2. The molecular formula is C23H26N2O5S. The molecule has 0 atom stereocenters. The highest BCUT2D eigenvalue weighted by atomic mass is 32.2. The number of amides is 1. The van der Waals surface area contributed by atoms with E-state index in [0.717, 1.165) is 11.3 Å². The van der Waals surface area contributed by atoms with E-state index in [4.69, 9.17) is 9.15 Å². The maximum absolute atomic E-state index is 12.9. The minimum atomic E-state index is -3.80. The zero-order valence-electron chi connectivity index (χ0n) is 17.8. The fraction of sp³-hybridized carbons (Fsp3) is 0.261. The lowest BCUT2D eigenvalue weighted by atomic mass is 10.1. The predicted octanol–water partition coefficient (Wildman–Crippen LogP) is 3.53. The number of ether oxygens (including phenoxy) is 1. The largest absolute Gasteiger partial charge is 0.492 e. The second-order valence-electron chi connectivity index (χ2n) is 7.27. The van der Waals surface area contributed by atoms with Crippen LogP contribution in [0.5, 0.6) is 5.75 Å². The van der Waals surface area contributed by atoms with Crippen LogP contribution >= 0.6 is 0 Å². The molecule has 8 heteroatoms. The minimum absolute atomic E-state index is 0.0254. The zero-order valence-corrected chi connectivity index (χ0v) is 18.6. The van der Waals surface area contributed by atoms with Crippen molar-refractivity contribution in [3.8, 4) is 5.75 Å². The summed E-state index contributed by atoms with van der Waals surface area (Å²) in [7, 11) is -2.13. The van der Waals surface area contributed by atoms with E-state index in [2.05, 4.69) is 4.72 Å². The van der Waals surface area contributed by atoms with E-state index >= 15 is 0 Å². The van der Waals surface area contributed by atoms with Crippen molar-refractivity contribution < 1.29 is 22.4 Å². The van der Waals surface area contributed by atoms with Gasteiger partial charge in [-0.3, -0.25) is 4.79 Å². The minimum Gasteiger partial charge on any atom is -0.492 e. The normalized spacial score (nSPS) is 11.3. The fourth-order valence-electron chi connectivity index (χ4n) is 2.97. The summed E-state index contributed by atoms with van der Waals surface area (Å²) >= 11 is 0. The molecule has 0 saturated heterocycles. The second kappa shape index (κ2) is 9.80. The van der Waals surface area contributed by atoms with Gasteiger partial charge in [0, 0.05) is 12.6 Å². The van der Waals surface area contributed by atoms with Crippen LogP contribution in [0.2, 0.25) is 0 Å². The molecule has 0 fully saturated rings. The summed E-state index contributed by atoms with van der Waals surface area (Å²) in [6.07, 6.45) is 1.48. The molecule has 0 unspecified atom stereocenters. The first kappa shape index (κ1) is 22.6. The molecule has 7 nitrogen and oxygen atoms in total. The van der Waals surface area contributed by atoms with Gasteiger partial charge < -0.3 is 14.1 Å². The van der Waals surface area contributed by atoms with Crippen molar-refractivity contribution in [2.45, 2.75) is 25.3 Å². The molecule has 3 rings (SSSR count). The summed E-state index contributed by atoms with van der Waals surface area (Å²) in [5.41, 5.74) is 2.12. The smallest absolute Gasteiger partial charge is 0.254 e. The standard InChI is InChI=1S/C23H26N2O5S/c1-17-6-4-7-19(14-17)30-13-11-25(3)23(26)22-15-21(10-9-18(22)2)31(27,28)24-16-20-8-5-12-29-20/h4-10,12,14-15,24H,11,13,16H2,1-3H3. The van der Waals surface area contributed by atoms with Crippen LogP contribution in [0.15, 0.2) is 70.2 Å². The van der Waals surface area contributed by atoms with Crippen LogP contribution in [-0.4, -0.2) is 39.4 Å². The Hall–Kier alpha value is -3.10. The molecule has 1 aromatic heterocycles. The third-order valence-electron chi connectivity index (χ3n) is 4.80. The quantitative estimate of drug-likeness (QED) is 0.548. The Kier molecular flexibility index (Phi) is 7.14. The molecule has 0 saturated carbocycles. The molecular weight excluding hydrogens is 416 g/mol. The van der Waals surface area contributed by atoms with Crippen LogP contribution in [0.3, 0.4) is 0 Å². The third-order valence-corrected chi connectivity index (χ3v) is 6.20. The van der Waals surface area contributed by atoms with Crippen molar-refractivity contribution in [1.82, 2.24) is 9.62 Å². The highest BCUT2D eigenvalue weighted by Gasteiger charge is 2.20. The average Bonchev–Trinajstić information content (AvgIpc) is 3.26. The fourth-order valence-corrected chi connectivity index (χ4v) is 3.99. The molecule has 0 aliphatic rings. The van der Waals surface area contributed by atoms with Gasteiger partial charge in [-0.25, -0.2) is 13.1 Å². The Bertz CT molecular complexity index is 1140. The van der Waals surface area contributed by atoms with Crippen LogP contribution in [-0.2, 0) is 16.6 Å². The summed E-state index contributed by atoms with van der Waals surface area (Å²) in [5, 5.41) is 0. The molecule has 3 aromatic rings. The van der Waals surface area contributed by atoms with Crippen LogP contribution in [0.1, 0.15) is 27.2 Å². The Morgan fingerprint density at radius 1 is 1.10 bits per heavy atom. The van der Waals surface area contributed by atoms with E-state index in [1.54, 1.807) is 32.2 Å². The molecule has 164 valence electrons. The number of hydrogen-bond donors (Lipinski definition) is 1. The maximum Gasteiger partial charge on any atom is 0.254 e. The molecule has 0 aliphatic heterocycles. The number of nitrogens with zero attached hydrogens (tertiary/aromatic N) is 1. The Labute approximate surface area is 182 Å². The zero-order chi connectivity index (χ0) is 22.4. The highest BCUT2D eigenvalue weighted by molar-refractivity contribution is 7.89. The van der Waals surface area contributed by atoms with E-state index in [9.17, 15) is 13.2 Å². The van der Waals surface area contributed by atoms with Gasteiger partial charge in [-0.2, -0.15) is 0 Å². The summed E-state index contributed by atoms with van der Waals surface area (Å²) in [4.78, 5) is 14.5. The van der Waals surface area contributed by atoms with Crippen molar-refractivity contribution in [3.05, 3.63) is 83.3 Å². The lowest BCUT2D eigenvalue weighted by Gasteiger charge is -2.19. The highest BCUT2D eigenvalue weighted by Crippen LogP contribution is 2.18. The first-order chi connectivity index (χ1) is 14.8. The summed E-state index contributed by atoms with van der Waals surface area (Å²) < 4.78 is 38.6. The number of likely N-dealkylation sites (N-methyl/N-ethyl adjacent to an activating group) is 1. The summed E-state index contributed by atoms with van der Waals surface area (Å²) in [6.45, 7) is 4.48. The number of sulfonamides is 1. The van der Waals surface area contributed by atoms with Gasteiger partial charge in [-0.05, 0) is 61.4 Å². The van der Waals surface area contributed by atoms with E-state index in [1.807, 2.05) is 31.2 Å². The molecule has 0 bridgehead atoms.